The Balaban J connectivity index is 2.40. The molecule has 0 aliphatic heterocycles. The van der Waals surface area contributed by atoms with Crippen LogP contribution < -0.4 is 10.1 Å². The normalized spacial score (nSPS) is 11.3. The number of alkyl halides is 3. The van der Waals surface area contributed by atoms with Crippen molar-refractivity contribution in [2.24, 2.45) is 0 Å². The summed E-state index contributed by atoms with van der Waals surface area (Å²) < 4.78 is 43.3. The van der Waals surface area contributed by atoms with Crippen LogP contribution in [0.25, 0.3) is 11.1 Å². The predicted octanol–water partition coefficient (Wildman–Crippen LogP) is 3.56. The minimum absolute atomic E-state index is 0.303. The third-order valence-corrected chi connectivity index (χ3v) is 3.30. The minimum atomic E-state index is -4.41. The standard InChI is InChI=1S/C17H16F3NO3/c1-21-9-11-2-7-15(24-10-16(22)23)14(8-11)12-3-5-13(6-4-12)17(18,19)20/h2-8,21H,9-10H2,1H3,(H,22,23). The van der Waals surface area contributed by atoms with Gasteiger partial charge in [0.05, 0.1) is 5.56 Å². The molecule has 0 radical (unpaired) electrons. The van der Waals surface area contributed by atoms with Gasteiger partial charge >= 0.3 is 12.1 Å². The van der Waals surface area contributed by atoms with Crippen LogP contribution in [-0.2, 0) is 17.5 Å². The fraction of sp³-hybridized carbons (Fsp3) is 0.235. The Bertz CT molecular complexity index is 712. The van der Waals surface area contributed by atoms with E-state index >= 15 is 0 Å². The van der Waals surface area contributed by atoms with Crippen LogP contribution >= 0.6 is 0 Å². The maximum Gasteiger partial charge on any atom is 0.416 e. The molecule has 2 rings (SSSR count). The average Bonchev–Trinajstić information content (AvgIpc) is 2.53. The van der Waals surface area contributed by atoms with Crippen molar-refractivity contribution in [1.29, 1.82) is 0 Å². The Morgan fingerprint density at radius 1 is 1.17 bits per heavy atom. The molecular formula is C17H16F3NO3. The number of benzene rings is 2. The van der Waals surface area contributed by atoms with E-state index in [4.69, 9.17) is 9.84 Å². The lowest BCUT2D eigenvalue weighted by Gasteiger charge is -2.13. The van der Waals surface area contributed by atoms with E-state index in [2.05, 4.69) is 5.32 Å². The summed E-state index contributed by atoms with van der Waals surface area (Å²) in [4.78, 5) is 10.7. The first-order chi connectivity index (χ1) is 11.3. The summed E-state index contributed by atoms with van der Waals surface area (Å²) in [6.07, 6.45) is -4.41. The lowest BCUT2D eigenvalue weighted by molar-refractivity contribution is -0.139. The number of hydrogen-bond acceptors (Lipinski definition) is 3. The van der Waals surface area contributed by atoms with Gasteiger partial charge in [0.15, 0.2) is 6.61 Å². The molecule has 0 saturated carbocycles. The zero-order valence-electron chi connectivity index (χ0n) is 12.9. The summed E-state index contributed by atoms with van der Waals surface area (Å²) in [5.74, 6) is -0.829. The molecule has 2 aromatic rings. The monoisotopic (exact) mass is 339 g/mol. The summed E-state index contributed by atoms with van der Waals surface area (Å²) in [6, 6.07) is 9.80. The topological polar surface area (TPSA) is 58.6 Å². The fourth-order valence-corrected chi connectivity index (χ4v) is 2.22. The summed E-state index contributed by atoms with van der Waals surface area (Å²) in [5, 5.41) is 11.7. The van der Waals surface area contributed by atoms with Gasteiger partial charge in [-0.25, -0.2) is 4.79 Å². The highest BCUT2D eigenvalue weighted by atomic mass is 19.4. The molecule has 24 heavy (non-hydrogen) atoms. The molecule has 128 valence electrons. The molecule has 0 heterocycles. The van der Waals surface area contributed by atoms with Crippen molar-refractivity contribution < 1.29 is 27.8 Å². The molecule has 0 aliphatic carbocycles. The Labute approximate surface area is 136 Å². The molecule has 0 aliphatic rings. The van der Waals surface area contributed by atoms with Gasteiger partial charge in [0.25, 0.3) is 0 Å². The summed E-state index contributed by atoms with van der Waals surface area (Å²) >= 11 is 0. The van der Waals surface area contributed by atoms with Gasteiger partial charge in [0.1, 0.15) is 5.75 Å². The Morgan fingerprint density at radius 3 is 2.38 bits per heavy atom. The van der Waals surface area contributed by atoms with Crippen molar-refractivity contribution in [3.8, 4) is 16.9 Å². The molecule has 0 saturated heterocycles. The summed E-state index contributed by atoms with van der Waals surface area (Å²) in [7, 11) is 1.77. The number of aliphatic carboxylic acids is 1. The number of carboxylic acid groups (broad SMARTS) is 1. The Hall–Kier alpha value is -2.54. The summed E-state index contributed by atoms with van der Waals surface area (Å²) in [5.41, 5.74) is 1.21. The van der Waals surface area contributed by atoms with E-state index in [0.717, 1.165) is 17.7 Å². The molecule has 0 unspecified atom stereocenters. The smallest absolute Gasteiger partial charge is 0.416 e. The predicted molar refractivity (Wildman–Crippen MR) is 82.8 cm³/mol. The van der Waals surface area contributed by atoms with E-state index in [1.165, 1.54) is 12.1 Å². The van der Waals surface area contributed by atoms with Gasteiger partial charge in [-0.2, -0.15) is 13.2 Å². The van der Waals surface area contributed by atoms with Crippen LogP contribution in [0.4, 0.5) is 13.2 Å². The highest BCUT2D eigenvalue weighted by molar-refractivity contribution is 5.73. The van der Waals surface area contributed by atoms with Crippen molar-refractivity contribution in [2.45, 2.75) is 12.7 Å². The van der Waals surface area contributed by atoms with E-state index in [1.54, 1.807) is 25.2 Å². The first kappa shape index (κ1) is 17.8. The van der Waals surface area contributed by atoms with E-state index in [1.807, 2.05) is 0 Å². The van der Waals surface area contributed by atoms with Gasteiger partial charge in [-0.15, -0.1) is 0 Å². The van der Waals surface area contributed by atoms with E-state index < -0.39 is 24.3 Å². The number of nitrogens with one attached hydrogen (secondary N) is 1. The van der Waals surface area contributed by atoms with Crippen molar-refractivity contribution in [1.82, 2.24) is 5.32 Å². The van der Waals surface area contributed by atoms with Crippen LogP contribution in [-0.4, -0.2) is 24.7 Å². The molecule has 2 N–H and O–H groups in total. The molecule has 0 bridgehead atoms. The van der Waals surface area contributed by atoms with Gasteiger partial charge in [-0.3, -0.25) is 0 Å². The Morgan fingerprint density at radius 2 is 1.83 bits per heavy atom. The molecule has 0 amide bonds. The van der Waals surface area contributed by atoms with Gasteiger partial charge in [0, 0.05) is 12.1 Å². The highest BCUT2D eigenvalue weighted by Crippen LogP contribution is 2.34. The first-order valence-electron chi connectivity index (χ1n) is 7.11. The van der Waals surface area contributed by atoms with Crippen LogP contribution in [0.3, 0.4) is 0 Å². The van der Waals surface area contributed by atoms with Crippen LogP contribution in [0, 0.1) is 0 Å². The highest BCUT2D eigenvalue weighted by Gasteiger charge is 2.30. The zero-order chi connectivity index (χ0) is 17.7. The molecule has 4 nitrogen and oxygen atoms in total. The maximum absolute atomic E-state index is 12.7. The van der Waals surface area contributed by atoms with Crippen molar-refractivity contribution >= 4 is 5.97 Å². The maximum atomic E-state index is 12.7. The van der Waals surface area contributed by atoms with Crippen LogP contribution in [0.15, 0.2) is 42.5 Å². The van der Waals surface area contributed by atoms with Crippen molar-refractivity contribution in [2.75, 3.05) is 13.7 Å². The van der Waals surface area contributed by atoms with Gasteiger partial charge in [-0.1, -0.05) is 18.2 Å². The fourth-order valence-electron chi connectivity index (χ4n) is 2.22. The number of hydrogen-bond donors (Lipinski definition) is 2. The number of carbonyl (C=O) groups is 1. The van der Waals surface area contributed by atoms with Gasteiger partial charge in [0.2, 0.25) is 0 Å². The third kappa shape index (κ3) is 4.48. The Kier molecular flexibility index (Phi) is 5.46. The van der Waals surface area contributed by atoms with E-state index in [9.17, 15) is 18.0 Å². The number of rotatable bonds is 6. The quantitative estimate of drug-likeness (QED) is 0.845. The molecule has 0 spiro atoms. The molecule has 7 heteroatoms. The van der Waals surface area contributed by atoms with Gasteiger partial charge < -0.3 is 15.2 Å². The average molecular weight is 339 g/mol. The second-order valence-corrected chi connectivity index (χ2v) is 5.12. The lowest BCUT2D eigenvalue weighted by atomic mass is 10.0. The van der Waals surface area contributed by atoms with Crippen molar-refractivity contribution in [3.05, 3.63) is 53.6 Å². The SMILES string of the molecule is CNCc1ccc(OCC(=O)O)c(-c2ccc(C(F)(F)F)cc2)c1. The number of carboxylic acids is 1. The lowest BCUT2D eigenvalue weighted by Crippen LogP contribution is -2.11. The number of halogens is 3. The largest absolute Gasteiger partial charge is 0.481 e. The second kappa shape index (κ2) is 7.35. The molecule has 0 atom stereocenters. The third-order valence-electron chi connectivity index (χ3n) is 3.30. The number of ether oxygens (including phenoxy) is 1. The van der Waals surface area contributed by atoms with Crippen molar-refractivity contribution in [3.63, 3.8) is 0 Å². The zero-order valence-corrected chi connectivity index (χ0v) is 12.9. The minimum Gasteiger partial charge on any atom is -0.481 e. The second-order valence-electron chi connectivity index (χ2n) is 5.12. The van der Waals surface area contributed by atoms with Crippen LogP contribution in [0.1, 0.15) is 11.1 Å². The summed E-state index contributed by atoms with van der Waals surface area (Å²) in [6.45, 7) is 0.0336. The van der Waals surface area contributed by atoms with Crippen LogP contribution in [0.2, 0.25) is 0 Å². The molecule has 0 aromatic heterocycles. The van der Waals surface area contributed by atoms with Gasteiger partial charge in [-0.05, 0) is 42.4 Å². The van der Waals surface area contributed by atoms with Crippen LogP contribution in [0.5, 0.6) is 5.75 Å². The van der Waals surface area contributed by atoms with E-state index in [0.29, 0.717) is 23.4 Å². The van der Waals surface area contributed by atoms with E-state index in [-0.39, 0.29) is 0 Å². The molecule has 2 aromatic carbocycles. The first-order valence-corrected chi connectivity index (χ1v) is 7.11. The molecule has 0 fully saturated rings. The molecular weight excluding hydrogens is 323 g/mol.